The Labute approximate surface area is 153 Å². The van der Waals surface area contributed by atoms with Gasteiger partial charge in [-0.2, -0.15) is 0 Å². The Balaban J connectivity index is -0.000000161. The summed E-state index contributed by atoms with van der Waals surface area (Å²) in [5, 5.41) is 0. The quantitative estimate of drug-likeness (QED) is 0.539. The zero-order chi connectivity index (χ0) is 11.7. The Morgan fingerprint density at radius 1 is 0.591 bits per heavy atom. The largest absolute Gasteiger partial charge is 0.412 e. The molecule has 0 saturated heterocycles. The van der Waals surface area contributed by atoms with Gasteiger partial charge in [0, 0.05) is 5.56 Å². The summed E-state index contributed by atoms with van der Waals surface area (Å²) in [5.41, 5.74) is 26.6. The van der Waals surface area contributed by atoms with E-state index < -0.39 is 0 Å². The minimum Gasteiger partial charge on any atom is -0.412 e. The van der Waals surface area contributed by atoms with Crippen molar-refractivity contribution in [2.45, 2.75) is 0 Å². The summed E-state index contributed by atoms with van der Waals surface area (Å²) in [7, 11) is 0. The van der Waals surface area contributed by atoms with Gasteiger partial charge in [-0.3, -0.25) is 0 Å². The van der Waals surface area contributed by atoms with Crippen molar-refractivity contribution in [1.82, 2.24) is 0 Å². The molecule has 0 saturated carbocycles. The summed E-state index contributed by atoms with van der Waals surface area (Å²) < 4.78 is 0. The van der Waals surface area contributed by atoms with E-state index in [0.717, 1.165) is 11.1 Å². The third kappa shape index (κ3) is 6.23. The van der Waals surface area contributed by atoms with Crippen LogP contribution in [0.4, 0.5) is 22.7 Å². The third-order valence-corrected chi connectivity index (χ3v) is 2.57. The summed E-state index contributed by atoms with van der Waals surface area (Å²) in [6.45, 7) is 0. The minimum atomic E-state index is 0. The van der Waals surface area contributed by atoms with E-state index in [1.54, 1.807) is 6.07 Å². The summed E-state index contributed by atoms with van der Waals surface area (Å²) >= 11 is 0. The number of halogens is 4. The van der Waals surface area contributed by atoms with Crippen molar-refractivity contribution in [2.24, 2.45) is 0 Å². The highest BCUT2D eigenvalue weighted by molar-refractivity contribution is 5.96. The van der Waals surface area contributed by atoms with Crippen LogP contribution in [0.3, 0.4) is 0 Å². The van der Waals surface area contributed by atoms with Crippen LogP contribution in [-0.2, 0) is 0 Å². The fourth-order valence-corrected chi connectivity index (χ4v) is 1.61. The average Bonchev–Trinajstić information content (AvgIpc) is 2.32. The lowest BCUT2D eigenvalue weighted by Crippen LogP contribution is -2.05. The van der Waals surface area contributed by atoms with Crippen molar-refractivity contribution in [3.63, 3.8) is 0 Å². The van der Waals surface area contributed by atoms with E-state index in [1.807, 2.05) is 30.3 Å². The first-order valence-corrected chi connectivity index (χ1v) is 4.89. The van der Waals surface area contributed by atoms with Gasteiger partial charge in [0.2, 0.25) is 0 Å². The molecule has 0 atom stereocenters. The van der Waals surface area contributed by atoms with Gasteiger partial charge in [0.15, 0.2) is 0 Å². The summed E-state index contributed by atoms with van der Waals surface area (Å²) in [4.78, 5) is 0. The lowest BCUT2D eigenvalue weighted by molar-refractivity contribution is 0.823. The van der Waals surface area contributed by atoms with Crippen molar-refractivity contribution in [3.8, 4) is 11.1 Å². The average molecular weight is 396 g/mol. The third-order valence-electron chi connectivity index (χ3n) is 2.57. The van der Waals surface area contributed by atoms with Gasteiger partial charge in [-0.05, 0) is 11.6 Å². The highest BCUT2D eigenvalue weighted by Crippen LogP contribution is 2.37. The number of nitrogens with two attached hydrogens (primary N) is 4. The van der Waals surface area contributed by atoms with E-state index in [2.05, 4.69) is 0 Å². The molecule has 0 aliphatic carbocycles. The molecule has 0 fully saturated rings. The van der Waals surface area contributed by atoms with Crippen LogP contribution in [0.15, 0.2) is 36.4 Å². The van der Waals surface area contributed by atoms with Crippen molar-refractivity contribution >= 4 is 72.4 Å². The Bertz CT molecular complexity index is 544. The molecule has 0 bridgehead atoms. The summed E-state index contributed by atoms with van der Waals surface area (Å²) in [6, 6.07) is 11.4. The molecule has 12 N–H and O–H groups in total. The van der Waals surface area contributed by atoms with Crippen molar-refractivity contribution < 1.29 is 11.0 Å². The highest BCUT2D eigenvalue weighted by atomic mass is 35.5. The number of hydrogen-bond acceptors (Lipinski definition) is 4. The molecule has 0 aliphatic heterocycles. The second-order valence-corrected chi connectivity index (χ2v) is 3.62. The summed E-state index contributed by atoms with van der Waals surface area (Å²) in [6.07, 6.45) is 0. The number of anilines is 4. The monoisotopic (exact) mass is 394 g/mol. The maximum absolute atomic E-state index is 5.92. The fraction of sp³-hybridized carbons (Fsp3) is 0. The SMILES string of the molecule is Cl.Cl.Cl.Cl.Nc1cc(-c2ccccc2)c(N)c(N)c1N.O.O. The molecule has 2 aromatic rings. The van der Waals surface area contributed by atoms with Crippen LogP contribution in [0.25, 0.3) is 11.1 Å². The second kappa shape index (κ2) is 13.4. The molecule has 0 spiro atoms. The van der Waals surface area contributed by atoms with Crippen molar-refractivity contribution in [3.05, 3.63) is 36.4 Å². The topological polar surface area (TPSA) is 167 Å². The lowest BCUT2D eigenvalue weighted by Gasteiger charge is -2.13. The van der Waals surface area contributed by atoms with Gasteiger partial charge >= 0.3 is 0 Å². The van der Waals surface area contributed by atoms with Crippen molar-refractivity contribution in [1.29, 1.82) is 0 Å². The highest BCUT2D eigenvalue weighted by Gasteiger charge is 2.10. The maximum Gasteiger partial charge on any atom is 0.0809 e. The second-order valence-electron chi connectivity index (χ2n) is 3.62. The van der Waals surface area contributed by atoms with E-state index in [0.29, 0.717) is 22.7 Å². The first kappa shape index (κ1) is 32.6. The van der Waals surface area contributed by atoms with Crippen LogP contribution < -0.4 is 22.9 Å². The van der Waals surface area contributed by atoms with E-state index in [1.165, 1.54) is 0 Å². The van der Waals surface area contributed by atoms with Crippen LogP contribution in [-0.4, -0.2) is 11.0 Å². The molecule has 0 aromatic heterocycles. The minimum absolute atomic E-state index is 0. The lowest BCUT2D eigenvalue weighted by atomic mass is 10.0. The van der Waals surface area contributed by atoms with Crippen molar-refractivity contribution in [2.75, 3.05) is 22.9 Å². The molecule has 0 heterocycles. The predicted molar refractivity (Wildman–Crippen MR) is 106 cm³/mol. The van der Waals surface area contributed by atoms with Crippen LogP contribution in [0.1, 0.15) is 0 Å². The van der Waals surface area contributed by atoms with Gasteiger partial charge in [-0.25, -0.2) is 0 Å². The number of rotatable bonds is 1. The normalized spacial score (nSPS) is 7.45. The first-order chi connectivity index (χ1) is 7.61. The zero-order valence-electron chi connectivity index (χ0n) is 11.4. The summed E-state index contributed by atoms with van der Waals surface area (Å²) in [5.74, 6) is 0. The van der Waals surface area contributed by atoms with Gasteiger partial charge in [-0.15, -0.1) is 49.6 Å². The molecule has 0 amide bonds. The number of hydrogen-bond donors (Lipinski definition) is 4. The Hall–Kier alpha value is -1.28. The maximum atomic E-state index is 5.92. The molecule has 0 aliphatic rings. The molecule has 0 unspecified atom stereocenters. The molecule has 10 heteroatoms. The van der Waals surface area contributed by atoms with Gasteiger partial charge in [0.05, 0.1) is 22.7 Å². The molecule has 6 nitrogen and oxygen atoms in total. The van der Waals surface area contributed by atoms with Crippen LogP contribution in [0.5, 0.6) is 0 Å². The standard InChI is InChI=1S/C12H14N4.4ClH.2H2O/c13-9-6-8(7-4-2-1-3-5-7)10(14)12(16)11(9)15;;;;;;/h1-6H,13-16H2;4*1H;2*1H2. The van der Waals surface area contributed by atoms with Crippen LogP contribution in [0.2, 0.25) is 0 Å². The Morgan fingerprint density at radius 3 is 1.50 bits per heavy atom. The Kier molecular flexibility index (Phi) is 19.8. The van der Waals surface area contributed by atoms with Gasteiger partial charge < -0.3 is 33.9 Å². The van der Waals surface area contributed by atoms with Gasteiger partial charge in [0.1, 0.15) is 0 Å². The van der Waals surface area contributed by atoms with E-state index in [4.69, 9.17) is 22.9 Å². The molecule has 2 aromatic carbocycles. The molecular formula is C12H22Cl4N4O2. The molecular weight excluding hydrogens is 374 g/mol. The van der Waals surface area contributed by atoms with Crippen LogP contribution >= 0.6 is 49.6 Å². The molecule has 130 valence electrons. The van der Waals surface area contributed by atoms with E-state index >= 15 is 0 Å². The Morgan fingerprint density at radius 2 is 1.05 bits per heavy atom. The van der Waals surface area contributed by atoms with E-state index in [9.17, 15) is 0 Å². The predicted octanol–water partition coefficient (Wildman–Crippen LogP) is 1.72. The first-order valence-electron chi connectivity index (χ1n) is 4.89. The molecule has 22 heavy (non-hydrogen) atoms. The fourth-order valence-electron chi connectivity index (χ4n) is 1.61. The smallest absolute Gasteiger partial charge is 0.0809 e. The van der Waals surface area contributed by atoms with Crippen LogP contribution in [0, 0.1) is 0 Å². The zero-order valence-corrected chi connectivity index (χ0v) is 14.7. The molecule has 2 rings (SSSR count). The van der Waals surface area contributed by atoms with Gasteiger partial charge in [0.25, 0.3) is 0 Å². The molecule has 0 radical (unpaired) electrons. The number of benzene rings is 2. The number of nitrogen functional groups attached to an aromatic ring is 4. The van der Waals surface area contributed by atoms with Gasteiger partial charge in [-0.1, -0.05) is 30.3 Å². The van der Waals surface area contributed by atoms with E-state index in [-0.39, 0.29) is 60.6 Å².